The lowest BCUT2D eigenvalue weighted by Gasteiger charge is -2.16. The van der Waals surface area contributed by atoms with Crippen molar-refractivity contribution in [2.24, 2.45) is 11.8 Å². The molecule has 2 atom stereocenters. The van der Waals surface area contributed by atoms with Gasteiger partial charge in [-0.1, -0.05) is 6.42 Å². The van der Waals surface area contributed by atoms with E-state index in [1.807, 2.05) is 0 Å². The number of hydrogen-bond acceptors (Lipinski definition) is 3. The van der Waals surface area contributed by atoms with Crippen LogP contribution in [0.1, 0.15) is 36.8 Å². The zero-order valence-electron chi connectivity index (χ0n) is 8.82. The average Bonchev–Trinajstić information content (AvgIpc) is 2.73. The van der Waals surface area contributed by atoms with Crippen molar-refractivity contribution >= 4 is 0 Å². The minimum Gasteiger partial charge on any atom is -0.312 e. The summed E-state index contributed by atoms with van der Waals surface area (Å²) in [7, 11) is 0. The van der Waals surface area contributed by atoms with E-state index in [1.165, 1.54) is 25.1 Å². The van der Waals surface area contributed by atoms with Crippen LogP contribution in [0.5, 0.6) is 0 Å². The Morgan fingerprint density at radius 3 is 2.93 bits per heavy atom. The number of nitrogens with one attached hydrogen (secondary N) is 1. The van der Waals surface area contributed by atoms with Gasteiger partial charge in [0.2, 0.25) is 0 Å². The molecule has 2 heterocycles. The SMILES string of the molecule is C1CC2C(C1)C2c1nnc2n1CCNC2. The molecular weight excluding hydrogens is 188 g/mol. The predicted molar refractivity (Wildman–Crippen MR) is 55.3 cm³/mol. The summed E-state index contributed by atoms with van der Waals surface area (Å²) >= 11 is 0. The third-order valence-corrected chi connectivity index (χ3v) is 4.36. The molecule has 0 bridgehead atoms. The van der Waals surface area contributed by atoms with Gasteiger partial charge in [0.05, 0.1) is 6.54 Å². The van der Waals surface area contributed by atoms with Gasteiger partial charge in [-0.05, 0) is 24.7 Å². The number of aromatic nitrogens is 3. The largest absolute Gasteiger partial charge is 0.312 e. The zero-order chi connectivity index (χ0) is 9.83. The molecule has 0 spiro atoms. The Labute approximate surface area is 89.1 Å². The molecular formula is C11H16N4. The van der Waals surface area contributed by atoms with E-state index in [0.29, 0.717) is 0 Å². The third kappa shape index (κ3) is 1.06. The van der Waals surface area contributed by atoms with Gasteiger partial charge in [-0.15, -0.1) is 10.2 Å². The van der Waals surface area contributed by atoms with Gasteiger partial charge in [0, 0.05) is 19.0 Å². The standard InChI is InChI=1S/C11H16N4/c1-2-7-8(3-1)10(7)11-14-13-9-6-12-4-5-15(9)11/h7-8,10,12H,1-6H2. The highest BCUT2D eigenvalue weighted by Gasteiger charge is 2.55. The van der Waals surface area contributed by atoms with Crippen molar-refractivity contribution in [2.75, 3.05) is 6.54 Å². The van der Waals surface area contributed by atoms with Crippen LogP contribution in [0.4, 0.5) is 0 Å². The number of fused-ring (bicyclic) bond motifs is 2. The van der Waals surface area contributed by atoms with E-state index in [1.54, 1.807) is 0 Å². The summed E-state index contributed by atoms with van der Waals surface area (Å²) in [6.45, 7) is 3.03. The van der Waals surface area contributed by atoms with Crippen molar-refractivity contribution in [1.82, 2.24) is 20.1 Å². The molecule has 1 aromatic heterocycles. The van der Waals surface area contributed by atoms with E-state index in [-0.39, 0.29) is 0 Å². The van der Waals surface area contributed by atoms with Crippen molar-refractivity contribution < 1.29 is 0 Å². The second-order valence-electron chi connectivity index (χ2n) is 5.09. The molecule has 1 aliphatic heterocycles. The highest BCUT2D eigenvalue weighted by Crippen LogP contribution is 2.62. The van der Waals surface area contributed by atoms with Gasteiger partial charge in [0.15, 0.2) is 0 Å². The van der Waals surface area contributed by atoms with Crippen LogP contribution in [0, 0.1) is 11.8 Å². The molecule has 0 amide bonds. The second-order valence-corrected chi connectivity index (χ2v) is 5.09. The summed E-state index contributed by atoms with van der Waals surface area (Å²) in [5.74, 6) is 5.10. The number of rotatable bonds is 1. The summed E-state index contributed by atoms with van der Waals surface area (Å²) in [4.78, 5) is 0. The summed E-state index contributed by atoms with van der Waals surface area (Å²) in [6.07, 6.45) is 4.29. The van der Waals surface area contributed by atoms with Crippen molar-refractivity contribution in [3.8, 4) is 0 Å². The first-order valence-corrected chi connectivity index (χ1v) is 6.08. The molecule has 2 unspecified atom stereocenters. The number of hydrogen-bond donors (Lipinski definition) is 1. The smallest absolute Gasteiger partial charge is 0.147 e. The van der Waals surface area contributed by atoms with E-state index in [2.05, 4.69) is 20.1 Å². The van der Waals surface area contributed by atoms with Crippen molar-refractivity contribution in [3.63, 3.8) is 0 Å². The molecule has 1 aromatic rings. The minimum absolute atomic E-state index is 0.762. The topological polar surface area (TPSA) is 42.7 Å². The van der Waals surface area contributed by atoms with Crippen molar-refractivity contribution in [1.29, 1.82) is 0 Å². The van der Waals surface area contributed by atoms with E-state index in [9.17, 15) is 0 Å². The van der Waals surface area contributed by atoms with Crippen LogP contribution >= 0.6 is 0 Å². The molecule has 2 fully saturated rings. The lowest BCUT2D eigenvalue weighted by Crippen LogP contribution is -2.29. The Hall–Kier alpha value is -0.900. The maximum absolute atomic E-state index is 4.42. The molecule has 4 nitrogen and oxygen atoms in total. The Kier molecular flexibility index (Phi) is 1.55. The maximum atomic E-state index is 4.42. The highest BCUT2D eigenvalue weighted by atomic mass is 15.3. The fourth-order valence-electron chi connectivity index (χ4n) is 3.57. The van der Waals surface area contributed by atoms with Gasteiger partial charge in [-0.25, -0.2) is 0 Å². The number of nitrogens with zero attached hydrogens (tertiary/aromatic N) is 3. The van der Waals surface area contributed by atoms with Gasteiger partial charge in [0.25, 0.3) is 0 Å². The molecule has 4 heteroatoms. The molecule has 0 saturated heterocycles. The summed E-state index contributed by atoms with van der Waals surface area (Å²) in [5.41, 5.74) is 0. The van der Waals surface area contributed by atoms with E-state index in [0.717, 1.165) is 43.2 Å². The molecule has 0 aromatic carbocycles. The molecule has 2 saturated carbocycles. The van der Waals surface area contributed by atoms with Crippen LogP contribution in [0.15, 0.2) is 0 Å². The fourth-order valence-corrected chi connectivity index (χ4v) is 3.57. The molecule has 3 aliphatic rings. The third-order valence-electron chi connectivity index (χ3n) is 4.36. The van der Waals surface area contributed by atoms with Gasteiger partial charge >= 0.3 is 0 Å². The quantitative estimate of drug-likeness (QED) is 0.739. The van der Waals surface area contributed by atoms with Gasteiger partial charge in [0.1, 0.15) is 11.6 Å². The van der Waals surface area contributed by atoms with E-state index in [4.69, 9.17) is 0 Å². The Balaban J connectivity index is 1.69. The Morgan fingerprint density at radius 1 is 1.20 bits per heavy atom. The van der Waals surface area contributed by atoms with Crippen LogP contribution in [0.2, 0.25) is 0 Å². The van der Waals surface area contributed by atoms with Crippen LogP contribution in [-0.4, -0.2) is 21.3 Å². The summed E-state index contributed by atoms with van der Waals surface area (Å²) < 4.78 is 2.36. The normalized spacial score (nSPS) is 37.5. The van der Waals surface area contributed by atoms with Crippen LogP contribution in [0.3, 0.4) is 0 Å². The predicted octanol–water partition coefficient (Wildman–Crippen LogP) is 0.895. The van der Waals surface area contributed by atoms with Gasteiger partial charge in [-0.2, -0.15) is 0 Å². The summed E-state index contributed by atoms with van der Waals surface area (Å²) in [5, 5.41) is 12.1. The summed E-state index contributed by atoms with van der Waals surface area (Å²) in [6, 6.07) is 0. The maximum Gasteiger partial charge on any atom is 0.147 e. The zero-order valence-corrected chi connectivity index (χ0v) is 8.82. The Bertz CT molecular complexity index is 387. The molecule has 4 rings (SSSR count). The molecule has 80 valence electrons. The monoisotopic (exact) mass is 204 g/mol. The first-order valence-electron chi connectivity index (χ1n) is 6.08. The van der Waals surface area contributed by atoms with Crippen molar-refractivity contribution in [2.45, 2.75) is 38.3 Å². The Morgan fingerprint density at radius 2 is 2.07 bits per heavy atom. The van der Waals surface area contributed by atoms with Gasteiger partial charge < -0.3 is 9.88 Å². The van der Waals surface area contributed by atoms with E-state index < -0.39 is 0 Å². The molecule has 1 N–H and O–H groups in total. The molecule has 0 radical (unpaired) electrons. The molecule has 2 aliphatic carbocycles. The molecule has 15 heavy (non-hydrogen) atoms. The van der Waals surface area contributed by atoms with Crippen LogP contribution < -0.4 is 5.32 Å². The fraction of sp³-hybridized carbons (Fsp3) is 0.818. The van der Waals surface area contributed by atoms with Crippen LogP contribution in [-0.2, 0) is 13.1 Å². The lowest BCUT2D eigenvalue weighted by atomic mass is 10.1. The lowest BCUT2D eigenvalue weighted by molar-refractivity contribution is 0.486. The van der Waals surface area contributed by atoms with Gasteiger partial charge in [-0.3, -0.25) is 0 Å². The van der Waals surface area contributed by atoms with E-state index >= 15 is 0 Å². The first kappa shape index (κ1) is 8.28. The van der Waals surface area contributed by atoms with Crippen molar-refractivity contribution in [3.05, 3.63) is 11.6 Å². The minimum atomic E-state index is 0.762. The second kappa shape index (κ2) is 2.82. The van der Waals surface area contributed by atoms with Crippen LogP contribution in [0.25, 0.3) is 0 Å². The average molecular weight is 204 g/mol. The highest BCUT2D eigenvalue weighted by molar-refractivity contribution is 5.19. The first-order chi connectivity index (χ1) is 7.45.